The average molecular weight is 267 g/mol. The SMILES string of the molecule is CSCC(C=O)[C@H](N)C(=O)OCc1ccccc1. The number of carbonyl (C=O) groups excluding carboxylic acids is 2. The van der Waals surface area contributed by atoms with Crippen LogP contribution >= 0.6 is 11.8 Å². The highest BCUT2D eigenvalue weighted by atomic mass is 32.2. The van der Waals surface area contributed by atoms with E-state index < -0.39 is 17.9 Å². The summed E-state index contributed by atoms with van der Waals surface area (Å²) >= 11 is 1.48. The van der Waals surface area contributed by atoms with Crippen molar-refractivity contribution in [3.8, 4) is 0 Å². The number of hydrogen-bond donors (Lipinski definition) is 1. The molecule has 5 heteroatoms. The van der Waals surface area contributed by atoms with Crippen LogP contribution in [0.2, 0.25) is 0 Å². The van der Waals surface area contributed by atoms with Gasteiger partial charge in [-0.3, -0.25) is 4.79 Å². The number of rotatable bonds is 7. The van der Waals surface area contributed by atoms with Crippen LogP contribution in [-0.2, 0) is 20.9 Å². The van der Waals surface area contributed by atoms with Crippen molar-refractivity contribution in [2.24, 2.45) is 11.7 Å². The zero-order chi connectivity index (χ0) is 13.4. The fourth-order valence-corrected chi connectivity index (χ4v) is 2.09. The molecule has 2 atom stereocenters. The second-order valence-corrected chi connectivity index (χ2v) is 4.79. The fourth-order valence-electron chi connectivity index (χ4n) is 1.42. The zero-order valence-corrected chi connectivity index (χ0v) is 11.1. The zero-order valence-electron chi connectivity index (χ0n) is 10.2. The Labute approximate surface area is 111 Å². The van der Waals surface area contributed by atoms with Gasteiger partial charge in [0.15, 0.2) is 0 Å². The average Bonchev–Trinajstić information content (AvgIpc) is 2.42. The summed E-state index contributed by atoms with van der Waals surface area (Å²) in [7, 11) is 0. The maximum absolute atomic E-state index is 11.7. The molecule has 4 nitrogen and oxygen atoms in total. The van der Waals surface area contributed by atoms with E-state index in [1.807, 2.05) is 36.6 Å². The first kappa shape index (κ1) is 14.7. The number of thioether (sulfide) groups is 1. The molecule has 0 saturated heterocycles. The quantitative estimate of drug-likeness (QED) is 0.594. The van der Waals surface area contributed by atoms with Gasteiger partial charge >= 0.3 is 5.97 Å². The lowest BCUT2D eigenvalue weighted by atomic mass is 10.1. The van der Waals surface area contributed by atoms with Gasteiger partial charge in [0.05, 0.1) is 0 Å². The Kier molecular flexibility index (Phi) is 6.46. The van der Waals surface area contributed by atoms with Gasteiger partial charge in [-0.15, -0.1) is 0 Å². The van der Waals surface area contributed by atoms with Crippen LogP contribution in [0.15, 0.2) is 30.3 Å². The molecule has 0 radical (unpaired) electrons. The molecule has 0 heterocycles. The molecule has 98 valence electrons. The minimum Gasteiger partial charge on any atom is -0.460 e. The van der Waals surface area contributed by atoms with Crippen LogP contribution in [0, 0.1) is 5.92 Å². The number of nitrogens with two attached hydrogens (primary N) is 1. The van der Waals surface area contributed by atoms with E-state index in [4.69, 9.17) is 10.5 Å². The van der Waals surface area contributed by atoms with E-state index in [1.165, 1.54) is 11.8 Å². The largest absolute Gasteiger partial charge is 0.460 e. The van der Waals surface area contributed by atoms with E-state index in [1.54, 1.807) is 0 Å². The Morgan fingerprint density at radius 3 is 2.67 bits per heavy atom. The Hall–Kier alpha value is -1.33. The van der Waals surface area contributed by atoms with Crippen molar-refractivity contribution in [2.75, 3.05) is 12.0 Å². The Morgan fingerprint density at radius 2 is 2.11 bits per heavy atom. The van der Waals surface area contributed by atoms with Crippen LogP contribution in [0.4, 0.5) is 0 Å². The van der Waals surface area contributed by atoms with Crippen LogP contribution in [0.25, 0.3) is 0 Å². The summed E-state index contributed by atoms with van der Waals surface area (Å²) in [6.07, 6.45) is 2.57. The van der Waals surface area contributed by atoms with Crippen molar-refractivity contribution in [2.45, 2.75) is 12.6 Å². The number of aldehydes is 1. The van der Waals surface area contributed by atoms with Gasteiger partial charge in [-0.25, -0.2) is 0 Å². The van der Waals surface area contributed by atoms with Gasteiger partial charge in [-0.1, -0.05) is 30.3 Å². The summed E-state index contributed by atoms with van der Waals surface area (Å²) in [5.74, 6) is -0.515. The first-order chi connectivity index (χ1) is 8.69. The lowest BCUT2D eigenvalue weighted by Gasteiger charge is -2.16. The summed E-state index contributed by atoms with van der Waals surface area (Å²) in [4.78, 5) is 22.5. The van der Waals surface area contributed by atoms with Gasteiger partial charge in [0.25, 0.3) is 0 Å². The van der Waals surface area contributed by atoms with E-state index in [2.05, 4.69) is 0 Å². The molecule has 0 spiro atoms. The maximum atomic E-state index is 11.7. The van der Waals surface area contributed by atoms with Gasteiger partial charge in [0, 0.05) is 11.7 Å². The second-order valence-electron chi connectivity index (χ2n) is 3.87. The van der Waals surface area contributed by atoms with Crippen molar-refractivity contribution in [1.82, 2.24) is 0 Å². The highest BCUT2D eigenvalue weighted by Gasteiger charge is 2.25. The van der Waals surface area contributed by atoms with E-state index in [-0.39, 0.29) is 6.61 Å². The van der Waals surface area contributed by atoms with Gasteiger partial charge in [-0.2, -0.15) is 11.8 Å². The monoisotopic (exact) mass is 267 g/mol. The molecular formula is C13H17NO3S. The van der Waals surface area contributed by atoms with E-state index >= 15 is 0 Å². The van der Waals surface area contributed by atoms with E-state index in [0.717, 1.165) is 5.56 Å². The molecule has 18 heavy (non-hydrogen) atoms. The van der Waals surface area contributed by atoms with Crippen molar-refractivity contribution in [3.63, 3.8) is 0 Å². The number of ether oxygens (including phenoxy) is 1. The summed E-state index contributed by atoms with van der Waals surface area (Å²) in [6, 6.07) is 8.45. The molecule has 0 saturated carbocycles. The van der Waals surface area contributed by atoms with Gasteiger partial charge in [0.2, 0.25) is 0 Å². The van der Waals surface area contributed by atoms with Gasteiger partial charge in [-0.05, 0) is 11.8 Å². The highest BCUT2D eigenvalue weighted by molar-refractivity contribution is 7.98. The summed E-state index contributed by atoms with van der Waals surface area (Å²) in [5, 5.41) is 0. The minimum absolute atomic E-state index is 0.179. The number of benzene rings is 1. The molecular weight excluding hydrogens is 250 g/mol. The first-order valence-electron chi connectivity index (χ1n) is 5.59. The first-order valence-corrected chi connectivity index (χ1v) is 6.98. The number of carbonyl (C=O) groups is 2. The molecule has 1 rings (SSSR count). The normalized spacial score (nSPS) is 13.7. The third-order valence-corrected chi connectivity index (χ3v) is 3.21. The van der Waals surface area contributed by atoms with Crippen LogP contribution in [0.3, 0.4) is 0 Å². The van der Waals surface area contributed by atoms with E-state index in [9.17, 15) is 9.59 Å². The standard InChI is InChI=1S/C13H17NO3S/c1-18-9-11(7-15)12(14)13(16)17-8-10-5-3-2-4-6-10/h2-7,11-12H,8-9,14H2,1H3/t11?,12-/m0/s1. The van der Waals surface area contributed by atoms with Crippen LogP contribution in [0.5, 0.6) is 0 Å². The smallest absolute Gasteiger partial charge is 0.324 e. The lowest BCUT2D eigenvalue weighted by molar-refractivity contribution is -0.148. The third-order valence-electron chi connectivity index (χ3n) is 2.49. The highest BCUT2D eigenvalue weighted by Crippen LogP contribution is 2.09. The molecule has 1 aromatic rings. The van der Waals surface area contributed by atoms with E-state index in [0.29, 0.717) is 12.0 Å². The molecule has 0 bridgehead atoms. The van der Waals surface area contributed by atoms with Crippen molar-refractivity contribution < 1.29 is 14.3 Å². The molecule has 1 unspecified atom stereocenters. The molecule has 0 aliphatic heterocycles. The summed E-state index contributed by atoms with van der Waals surface area (Å²) in [6.45, 7) is 0.179. The van der Waals surface area contributed by atoms with Crippen LogP contribution in [-0.4, -0.2) is 30.3 Å². The molecule has 0 aliphatic carbocycles. The maximum Gasteiger partial charge on any atom is 0.324 e. The van der Waals surface area contributed by atoms with Gasteiger partial charge in [0.1, 0.15) is 18.9 Å². The van der Waals surface area contributed by atoms with Gasteiger partial charge < -0.3 is 15.3 Å². The Morgan fingerprint density at radius 1 is 1.44 bits per heavy atom. The molecule has 0 aromatic heterocycles. The molecule has 0 aliphatic rings. The minimum atomic E-state index is -0.890. The lowest BCUT2D eigenvalue weighted by Crippen LogP contribution is -2.41. The number of hydrogen-bond acceptors (Lipinski definition) is 5. The third kappa shape index (κ3) is 4.50. The number of esters is 1. The fraction of sp³-hybridized carbons (Fsp3) is 0.385. The Bertz CT molecular complexity index is 383. The second kappa shape index (κ2) is 7.89. The summed E-state index contributed by atoms with van der Waals surface area (Å²) in [5.41, 5.74) is 6.60. The predicted molar refractivity (Wildman–Crippen MR) is 72.1 cm³/mol. The van der Waals surface area contributed by atoms with Crippen LogP contribution in [0.1, 0.15) is 5.56 Å². The summed E-state index contributed by atoms with van der Waals surface area (Å²) < 4.78 is 5.09. The molecule has 0 amide bonds. The Balaban J connectivity index is 2.47. The van der Waals surface area contributed by atoms with Crippen molar-refractivity contribution in [1.29, 1.82) is 0 Å². The molecule has 2 N–H and O–H groups in total. The van der Waals surface area contributed by atoms with Crippen molar-refractivity contribution >= 4 is 24.0 Å². The topological polar surface area (TPSA) is 69.4 Å². The molecule has 0 fully saturated rings. The molecule has 1 aromatic carbocycles. The van der Waals surface area contributed by atoms with Crippen molar-refractivity contribution in [3.05, 3.63) is 35.9 Å². The van der Waals surface area contributed by atoms with Crippen LogP contribution < -0.4 is 5.73 Å². The predicted octanol–water partition coefficient (Wildman–Crippen LogP) is 1.24.